The average molecular weight is 218 g/mol. The first kappa shape index (κ1) is 12.0. The van der Waals surface area contributed by atoms with E-state index in [1.165, 1.54) is 0 Å². The summed E-state index contributed by atoms with van der Waals surface area (Å²) in [6.45, 7) is 3.00. The van der Waals surface area contributed by atoms with Crippen molar-refractivity contribution in [1.29, 1.82) is 5.26 Å². The summed E-state index contributed by atoms with van der Waals surface area (Å²) in [5.74, 6) is -0.00241. The van der Waals surface area contributed by atoms with Crippen LogP contribution in [0.5, 0.6) is 0 Å². The van der Waals surface area contributed by atoms with Gasteiger partial charge in [-0.25, -0.2) is 4.98 Å². The zero-order chi connectivity index (χ0) is 11.8. The van der Waals surface area contributed by atoms with Gasteiger partial charge in [0.05, 0.1) is 5.69 Å². The van der Waals surface area contributed by atoms with E-state index >= 15 is 0 Å². The molecule has 0 aliphatic rings. The topological polar surface area (TPSA) is 77.8 Å². The molecule has 0 unspecified atom stereocenters. The predicted octanol–water partition coefficient (Wildman–Crippen LogP) is 0.891. The highest BCUT2D eigenvalue weighted by Gasteiger charge is 2.02. The molecule has 5 nitrogen and oxygen atoms in total. The molecule has 0 bridgehead atoms. The second-order valence-electron chi connectivity index (χ2n) is 3.14. The SMILES string of the molecule is CCNC(=O)CCNc1cccnc1C#N. The number of carbonyl (C=O) groups is 1. The van der Waals surface area contributed by atoms with Crippen molar-refractivity contribution in [2.45, 2.75) is 13.3 Å². The van der Waals surface area contributed by atoms with Gasteiger partial charge in [0.1, 0.15) is 6.07 Å². The van der Waals surface area contributed by atoms with Crippen LogP contribution < -0.4 is 10.6 Å². The van der Waals surface area contributed by atoms with E-state index in [1.54, 1.807) is 18.3 Å². The molecule has 1 aromatic heterocycles. The molecule has 0 aliphatic carbocycles. The molecule has 2 N–H and O–H groups in total. The van der Waals surface area contributed by atoms with E-state index in [4.69, 9.17) is 5.26 Å². The Kier molecular flexibility index (Phi) is 4.80. The van der Waals surface area contributed by atoms with Crippen LogP contribution >= 0.6 is 0 Å². The van der Waals surface area contributed by atoms with Gasteiger partial charge in [0.15, 0.2) is 5.69 Å². The van der Waals surface area contributed by atoms with Crippen LogP contribution in [0.1, 0.15) is 19.0 Å². The minimum Gasteiger partial charge on any atom is -0.382 e. The summed E-state index contributed by atoms with van der Waals surface area (Å²) in [5, 5.41) is 14.5. The number of anilines is 1. The van der Waals surface area contributed by atoms with Crippen molar-refractivity contribution < 1.29 is 4.79 Å². The van der Waals surface area contributed by atoms with E-state index < -0.39 is 0 Å². The molecular formula is C11H14N4O. The number of aromatic nitrogens is 1. The van der Waals surface area contributed by atoms with Gasteiger partial charge in [0.2, 0.25) is 5.91 Å². The lowest BCUT2D eigenvalue weighted by molar-refractivity contribution is -0.120. The number of nitrogens with one attached hydrogen (secondary N) is 2. The van der Waals surface area contributed by atoms with Gasteiger partial charge in [0.25, 0.3) is 0 Å². The van der Waals surface area contributed by atoms with Crippen LogP contribution in [0.3, 0.4) is 0 Å². The van der Waals surface area contributed by atoms with Crippen LogP contribution in [0.2, 0.25) is 0 Å². The highest BCUT2D eigenvalue weighted by Crippen LogP contribution is 2.09. The van der Waals surface area contributed by atoms with Gasteiger partial charge in [-0.05, 0) is 19.1 Å². The standard InChI is InChI=1S/C11H14N4O/c1-2-13-11(16)5-7-15-9-4-3-6-14-10(9)8-12/h3-4,6,15H,2,5,7H2,1H3,(H,13,16). The normalized spacial score (nSPS) is 9.25. The minimum absolute atomic E-state index is 0.00241. The first-order chi connectivity index (χ1) is 7.77. The molecule has 0 aromatic carbocycles. The smallest absolute Gasteiger partial charge is 0.221 e. The van der Waals surface area contributed by atoms with Crippen molar-refractivity contribution in [3.05, 3.63) is 24.0 Å². The second-order valence-corrected chi connectivity index (χ2v) is 3.14. The summed E-state index contributed by atoms with van der Waals surface area (Å²) < 4.78 is 0. The predicted molar refractivity (Wildman–Crippen MR) is 60.7 cm³/mol. The Bertz CT molecular complexity index is 397. The number of nitriles is 1. The Labute approximate surface area is 94.5 Å². The molecular weight excluding hydrogens is 204 g/mol. The molecule has 0 saturated heterocycles. The zero-order valence-electron chi connectivity index (χ0n) is 9.16. The third-order valence-corrected chi connectivity index (χ3v) is 1.96. The highest BCUT2D eigenvalue weighted by molar-refractivity contribution is 5.76. The number of pyridine rings is 1. The molecule has 16 heavy (non-hydrogen) atoms. The van der Waals surface area contributed by atoms with Crippen LogP contribution in [-0.2, 0) is 4.79 Å². The summed E-state index contributed by atoms with van der Waals surface area (Å²) in [6, 6.07) is 5.50. The van der Waals surface area contributed by atoms with E-state index in [0.29, 0.717) is 30.9 Å². The van der Waals surface area contributed by atoms with Gasteiger partial charge in [-0.3, -0.25) is 4.79 Å². The van der Waals surface area contributed by atoms with Gasteiger partial charge in [0, 0.05) is 25.7 Å². The zero-order valence-corrected chi connectivity index (χ0v) is 9.16. The highest BCUT2D eigenvalue weighted by atomic mass is 16.1. The maximum absolute atomic E-state index is 11.2. The summed E-state index contributed by atoms with van der Waals surface area (Å²) in [4.78, 5) is 15.1. The van der Waals surface area contributed by atoms with Crippen LogP contribution in [0.25, 0.3) is 0 Å². The van der Waals surface area contributed by atoms with Gasteiger partial charge in [-0.1, -0.05) is 0 Å². The Morgan fingerprint density at radius 3 is 3.12 bits per heavy atom. The van der Waals surface area contributed by atoms with Crippen molar-refractivity contribution in [2.75, 3.05) is 18.4 Å². The van der Waals surface area contributed by atoms with Crippen molar-refractivity contribution in [2.24, 2.45) is 0 Å². The number of rotatable bonds is 5. The van der Waals surface area contributed by atoms with Gasteiger partial charge < -0.3 is 10.6 Å². The molecule has 0 fully saturated rings. The van der Waals surface area contributed by atoms with Crippen molar-refractivity contribution >= 4 is 11.6 Å². The first-order valence-electron chi connectivity index (χ1n) is 5.13. The molecule has 0 aliphatic heterocycles. The van der Waals surface area contributed by atoms with Crippen LogP contribution in [-0.4, -0.2) is 24.0 Å². The van der Waals surface area contributed by atoms with Crippen molar-refractivity contribution in [3.63, 3.8) is 0 Å². The molecule has 0 saturated carbocycles. The molecule has 84 valence electrons. The summed E-state index contributed by atoms with van der Waals surface area (Å²) in [5.41, 5.74) is 1.01. The van der Waals surface area contributed by atoms with E-state index in [-0.39, 0.29) is 5.91 Å². The molecule has 5 heteroatoms. The largest absolute Gasteiger partial charge is 0.382 e. The molecule has 1 heterocycles. The fraction of sp³-hybridized carbons (Fsp3) is 0.364. The third kappa shape index (κ3) is 3.58. The third-order valence-electron chi connectivity index (χ3n) is 1.96. The molecule has 1 amide bonds. The monoisotopic (exact) mass is 218 g/mol. The summed E-state index contributed by atoms with van der Waals surface area (Å²) in [7, 11) is 0. The molecule has 0 radical (unpaired) electrons. The van der Waals surface area contributed by atoms with E-state index in [9.17, 15) is 4.79 Å². The fourth-order valence-electron chi connectivity index (χ4n) is 1.23. The van der Waals surface area contributed by atoms with Crippen molar-refractivity contribution in [3.8, 4) is 6.07 Å². The van der Waals surface area contributed by atoms with Gasteiger partial charge in [-0.2, -0.15) is 5.26 Å². The quantitative estimate of drug-likeness (QED) is 0.769. The summed E-state index contributed by atoms with van der Waals surface area (Å²) >= 11 is 0. The van der Waals surface area contributed by atoms with E-state index in [2.05, 4.69) is 15.6 Å². The van der Waals surface area contributed by atoms with E-state index in [1.807, 2.05) is 13.0 Å². The molecule has 1 rings (SSSR count). The Morgan fingerprint density at radius 2 is 2.44 bits per heavy atom. The maximum Gasteiger partial charge on any atom is 0.221 e. The molecule has 0 atom stereocenters. The van der Waals surface area contributed by atoms with Crippen LogP contribution in [0.4, 0.5) is 5.69 Å². The number of hydrogen-bond acceptors (Lipinski definition) is 4. The van der Waals surface area contributed by atoms with Crippen LogP contribution in [0, 0.1) is 11.3 Å². The Morgan fingerprint density at radius 1 is 1.62 bits per heavy atom. The average Bonchev–Trinajstić information content (AvgIpc) is 2.30. The minimum atomic E-state index is -0.00241. The fourth-order valence-corrected chi connectivity index (χ4v) is 1.23. The number of nitrogens with zero attached hydrogens (tertiary/aromatic N) is 2. The maximum atomic E-state index is 11.2. The van der Waals surface area contributed by atoms with Crippen molar-refractivity contribution in [1.82, 2.24) is 10.3 Å². The number of amides is 1. The summed E-state index contributed by atoms with van der Waals surface area (Å²) in [6.07, 6.45) is 1.95. The number of hydrogen-bond donors (Lipinski definition) is 2. The van der Waals surface area contributed by atoms with Gasteiger partial charge >= 0.3 is 0 Å². The lowest BCUT2D eigenvalue weighted by Crippen LogP contribution is -2.24. The second kappa shape index (κ2) is 6.40. The molecule has 1 aromatic rings. The number of carbonyl (C=O) groups excluding carboxylic acids is 1. The Hall–Kier alpha value is -2.09. The Balaban J connectivity index is 2.43. The van der Waals surface area contributed by atoms with Gasteiger partial charge in [-0.15, -0.1) is 0 Å². The van der Waals surface area contributed by atoms with E-state index in [0.717, 1.165) is 0 Å². The van der Waals surface area contributed by atoms with Crippen LogP contribution in [0.15, 0.2) is 18.3 Å². The first-order valence-corrected chi connectivity index (χ1v) is 5.13. The lowest BCUT2D eigenvalue weighted by Gasteiger charge is -2.06. The molecule has 0 spiro atoms. The lowest BCUT2D eigenvalue weighted by atomic mass is 10.3.